The van der Waals surface area contributed by atoms with Crippen molar-refractivity contribution in [3.8, 4) is 0 Å². The average molecular weight is 680 g/mol. The van der Waals surface area contributed by atoms with E-state index in [1.165, 1.54) is 4.90 Å². The maximum atomic E-state index is 14.3. The second-order valence-corrected chi connectivity index (χ2v) is 17.6. The SMILES string of the molecule is C=CCCNC(=O)C(=O)C(CC1CC1)NC(=O)C1CC(C(C)C)CN1C(=O)C(NC(=O)NC1(CS(C)(=O)=O)CCCCC1)C(C)(C)C. The molecule has 0 aromatic heterocycles. The summed E-state index contributed by atoms with van der Waals surface area (Å²) in [5.41, 5.74) is -1.67. The van der Waals surface area contributed by atoms with Crippen LogP contribution in [0.4, 0.5) is 4.79 Å². The average Bonchev–Trinajstić information content (AvgIpc) is 3.66. The summed E-state index contributed by atoms with van der Waals surface area (Å²) >= 11 is 0. The zero-order valence-corrected chi connectivity index (χ0v) is 30.0. The van der Waals surface area contributed by atoms with Gasteiger partial charge in [0.25, 0.3) is 5.91 Å². The Kier molecular flexibility index (Phi) is 13.1. The van der Waals surface area contributed by atoms with Crippen LogP contribution in [0.25, 0.3) is 0 Å². The van der Waals surface area contributed by atoms with Crippen molar-refractivity contribution in [2.24, 2.45) is 23.2 Å². The predicted octanol–water partition coefficient (Wildman–Crippen LogP) is 2.87. The number of ketones is 1. The molecule has 2 aliphatic carbocycles. The monoisotopic (exact) mass is 679 g/mol. The van der Waals surface area contributed by atoms with Gasteiger partial charge >= 0.3 is 6.03 Å². The van der Waals surface area contributed by atoms with Gasteiger partial charge in [0.15, 0.2) is 0 Å². The highest BCUT2D eigenvalue weighted by atomic mass is 32.2. The van der Waals surface area contributed by atoms with E-state index in [-0.39, 0.29) is 30.1 Å². The molecule has 3 aliphatic rings. The fourth-order valence-electron chi connectivity index (χ4n) is 6.82. The van der Waals surface area contributed by atoms with Gasteiger partial charge in [-0.2, -0.15) is 0 Å². The molecule has 0 spiro atoms. The molecule has 5 amide bonds. The summed E-state index contributed by atoms with van der Waals surface area (Å²) in [5.74, 6) is -2.15. The third-order valence-electron chi connectivity index (χ3n) is 9.73. The van der Waals surface area contributed by atoms with Gasteiger partial charge in [0.05, 0.1) is 17.3 Å². The first-order chi connectivity index (χ1) is 21.9. The number of hydrogen-bond acceptors (Lipinski definition) is 7. The molecular formula is C34H57N5O7S. The Labute approximate surface area is 280 Å². The van der Waals surface area contributed by atoms with Crippen LogP contribution in [0.2, 0.25) is 0 Å². The Morgan fingerprint density at radius 2 is 1.66 bits per heavy atom. The normalized spacial score (nSPS) is 22.6. The van der Waals surface area contributed by atoms with Gasteiger partial charge in [-0.25, -0.2) is 13.2 Å². The van der Waals surface area contributed by atoms with Crippen molar-refractivity contribution >= 4 is 39.4 Å². The van der Waals surface area contributed by atoms with Crippen LogP contribution in [-0.4, -0.2) is 91.6 Å². The van der Waals surface area contributed by atoms with Gasteiger partial charge < -0.3 is 26.2 Å². The molecule has 0 aromatic carbocycles. The molecular weight excluding hydrogens is 622 g/mol. The second kappa shape index (κ2) is 16.0. The minimum atomic E-state index is -3.39. The molecule has 4 N–H and O–H groups in total. The Balaban J connectivity index is 1.82. The molecule has 4 atom stereocenters. The van der Waals surface area contributed by atoms with Crippen molar-refractivity contribution in [2.75, 3.05) is 25.1 Å². The first-order valence-corrected chi connectivity index (χ1v) is 19.2. The maximum absolute atomic E-state index is 14.3. The van der Waals surface area contributed by atoms with Gasteiger partial charge in [-0.3, -0.25) is 19.2 Å². The molecule has 1 saturated heterocycles. The van der Waals surface area contributed by atoms with E-state index in [1.807, 2.05) is 34.6 Å². The molecule has 3 fully saturated rings. The minimum absolute atomic E-state index is 0.00389. The largest absolute Gasteiger partial charge is 0.349 e. The number of amides is 5. The van der Waals surface area contributed by atoms with Crippen LogP contribution in [0, 0.1) is 23.2 Å². The van der Waals surface area contributed by atoms with E-state index in [0.717, 1.165) is 38.4 Å². The smallest absolute Gasteiger partial charge is 0.315 e. The van der Waals surface area contributed by atoms with Gasteiger partial charge in [-0.1, -0.05) is 72.8 Å². The first kappa shape index (κ1) is 38.5. The Bertz CT molecular complexity index is 1280. The number of carbonyl (C=O) groups excluding carboxylic acids is 5. The molecule has 0 aromatic rings. The molecule has 1 aliphatic heterocycles. The topological polar surface area (TPSA) is 171 Å². The van der Waals surface area contributed by atoms with Crippen LogP contribution in [0.3, 0.4) is 0 Å². The van der Waals surface area contributed by atoms with Crippen LogP contribution >= 0.6 is 0 Å². The Morgan fingerprint density at radius 1 is 1.02 bits per heavy atom. The van der Waals surface area contributed by atoms with Crippen LogP contribution in [-0.2, 0) is 29.0 Å². The summed E-state index contributed by atoms with van der Waals surface area (Å²) in [5, 5.41) is 11.2. The summed E-state index contributed by atoms with van der Waals surface area (Å²) in [6, 6.07) is -3.54. The van der Waals surface area contributed by atoms with Crippen LogP contribution < -0.4 is 21.3 Å². The van der Waals surface area contributed by atoms with Gasteiger partial charge in [0.1, 0.15) is 21.9 Å². The fraction of sp³-hybridized carbons (Fsp3) is 0.794. The Hall–Kier alpha value is -2.96. The molecule has 1 heterocycles. The van der Waals surface area contributed by atoms with E-state index in [1.54, 1.807) is 6.08 Å². The van der Waals surface area contributed by atoms with Crippen molar-refractivity contribution < 1.29 is 32.4 Å². The number of urea groups is 1. The third-order valence-corrected chi connectivity index (χ3v) is 10.8. The summed E-state index contributed by atoms with van der Waals surface area (Å²) in [4.78, 5) is 69.0. The fourth-order valence-corrected chi connectivity index (χ4v) is 8.19. The number of Topliss-reactive ketones (excluding diaryl/α,β-unsaturated/α-hetero) is 1. The number of likely N-dealkylation sites (tertiary alicyclic amines) is 1. The molecule has 13 heteroatoms. The third kappa shape index (κ3) is 11.3. The number of rotatable bonds is 15. The van der Waals surface area contributed by atoms with Crippen molar-refractivity contribution in [3.05, 3.63) is 12.7 Å². The molecule has 2 saturated carbocycles. The summed E-state index contributed by atoms with van der Waals surface area (Å²) in [6.45, 7) is 13.7. The molecule has 47 heavy (non-hydrogen) atoms. The molecule has 266 valence electrons. The summed E-state index contributed by atoms with van der Waals surface area (Å²) < 4.78 is 24.6. The maximum Gasteiger partial charge on any atom is 0.315 e. The number of carbonyl (C=O) groups is 5. The van der Waals surface area contributed by atoms with E-state index < -0.39 is 68.5 Å². The molecule has 12 nitrogen and oxygen atoms in total. The van der Waals surface area contributed by atoms with E-state index in [9.17, 15) is 32.4 Å². The minimum Gasteiger partial charge on any atom is -0.349 e. The lowest BCUT2D eigenvalue weighted by atomic mass is 9.83. The van der Waals surface area contributed by atoms with Gasteiger partial charge in [-0.15, -0.1) is 6.58 Å². The highest BCUT2D eigenvalue weighted by molar-refractivity contribution is 7.90. The lowest BCUT2D eigenvalue weighted by molar-refractivity contribution is -0.144. The van der Waals surface area contributed by atoms with E-state index in [4.69, 9.17) is 0 Å². The molecule has 0 bridgehead atoms. The molecule has 3 rings (SSSR count). The number of nitrogens with zero attached hydrogens (tertiary/aromatic N) is 1. The van der Waals surface area contributed by atoms with E-state index >= 15 is 0 Å². The van der Waals surface area contributed by atoms with Gasteiger partial charge in [0, 0.05) is 19.3 Å². The number of sulfone groups is 1. The highest BCUT2D eigenvalue weighted by Crippen LogP contribution is 2.35. The zero-order valence-electron chi connectivity index (χ0n) is 29.2. The first-order valence-electron chi connectivity index (χ1n) is 17.2. The van der Waals surface area contributed by atoms with Crippen LogP contribution in [0.5, 0.6) is 0 Å². The molecule has 0 radical (unpaired) electrons. The zero-order chi connectivity index (χ0) is 35.2. The number of nitrogens with one attached hydrogen (secondary N) is 4. The van der Waals surface area contributed by atoms with E-state index in [2.05, 4.69) is 27.8 Å². The molecule has 4 unspecified atom stereocenters. The van der Waals surface area contributed by atoms with Crippen molar-refractivity contribution in [3.63, 3.8) is 0 Å². The van der Waals surface area contributed by atoms with Gasteiger partial charge in [0.2, 0.25) is 17.6 Å². The van der Waals surface area contributed by atoms with Crippen LogP contribution in [0.1, 0.15) is 98.8 Å². The second-order valence-electron chi connectivity index (χ2n) is 15.5. The standard InChI is InChI=1S/C34H57N5O7S/c1-8-9-17-35-30(42)27(40)25(18-23-13-14-23)36-29(41)26-19-24(22(2)3)20-39(26)31(43)28(33(4,5)6)37-32(44)38-34(21-47(7,45)46)15-11-10-12-16-34/h8,22-26,28H,1,9-21H2,2-7H3,(H,35,42)(H,36,41)(H2,37,38,44). The highest BCUT2D eigenvalue weighted by Gasteiger charge is 2.47. The quantitative estimate of drug-likeness (QED) is 0.117. The van der Waals surface area contributed by atoms with Crippen molar-refractivity contribution in [1.29, 1.82) is 0 Å². The van der Waals surface area contributed by atoms with Crippen LogP contribution in [0.15, 0.2) is 12.7 Å². The van der Waals surface area contributed by atoms with Crippen molar-refractivity contribution in [2.45, 2.75) is 122 Å². The van der Waals surface area contributed by atoms with Crippen molar-refractivity contribution in [1.82, 2.24) is 26.2 Å². The summed E-state index contributed by atoms with van der Waals surface area (Å²) in [6.07, 6.45) is 9.48. The Morgan fingerprint density at radius 3 is 2.19 bits per heavy atom. The lowest BCUT2D eigenvalue weighted by Crippen LogP contribution is -2.63. The van der Waals surface area contributed by atoms with E-state index in [0.29, 0.717) is 38.6 Å². The van der Waals surface area contributed by atoms with Gasteiger partial charge in [-0.05, 0) is 55.3 Å². The predicted molar refractivity (Wildman–Crippen MR) is 181 cm³/mol. The summed E-state index contributed by atoms with van der Waals surface area (Å²) in [7, 11) is -3.39. The lowest BCUT2D eigenvalue weighted by Gasteiger charge is -2.40. The number of hydrogen-bond donors (Lipinski definition) is 4.